The maximum Gasteiger partial charge on any atom is 0.410 e. The third-order valence-electron chi connectivity index (χ3n) is 7.28. The number of hydrogen-bond donors (Lipinski definition) is 0. The average molecular weight is 628 g/mol. The molecule has 1 aliphatic carbocycles. The minimum atomic E-state index is -0.655. The molecule has 1 aliphatic rings. The zero-order valence-electron chi connectivity index (χ0n) is 27.0. The van der Waals surface area contributed by atoms with Crippen LogP contribution in [0.15, 0.2) is 90.7 Å². The van der Waals surface area contributed by atoms with Crippen LogP contribution in [0.3, 0.4) is 0 Å². The molecule has 3 aromatic rings. The fraction of sp³-hybridized carbons (Fsp3) is 0.324. The molecule has 0 saturated carbocycles. The normalized spacial score (nSPS) is 13.4. The van der Waals surface area contributed by atoms with Crippen LogP contribution >= 0.6 is 11.6 Å². The number of amides is 2. The number of pyridine rings is 1. The molecular weight excluding hydrogens is 586 g/mol. The Morgan fingerprint density at radius 1 is 0.978 bits per heavy atom. The second-order valence-electron chi connectivity index (χ2n) is 12.0. The summed E-state index contributed by atoms with van der Waals surface area (Å²) >= 11 is 7.04. The number of allylic oxidation sites excluding steroid dienone is 3. The highest BCUT2D eigenvalue weighted by Gasteiger charge is 2.26. The maximum absolute atomic E-state index is 12.9. The number of hydrogen-bond acceptors (Lipinski definition) is 5. The quantitative estimate of drug-likeness (QED) is 0.202. The monoisotopic (exact) mass is 627 g/mol. The lowest BCUT2D eigenvalue weighted by molar-refractivity contribution is -0.123. The lowest BCUT2D eigenvalue weighted by atomic mass is 9.88. The van der Waals surface area contributed by atoms with Gasteiger partial charge in [-0.3, -0.25) is 4.79 Å². The number of aromatic nitrogens is 1. The highest BCUT2D eigenvalue weighted by atomic mass is 35.5. The third kappa shape index (κ3) is 8.85. The standard InChI is InChI=1S/C37H42ClN3O4/c1-7-29(26-14-9-8-10-15-26)34(31-24-27-16-11-12-17-30(27)35(31)38)28-19-20-32(39-25-28)44-23-22-41(36(43)45-37(2,3)4)21-13-18-33(42)40(5)6/h8-20,25H,7,21-24H2,1-6H3/b18-13+,34-29+. The molecule has 0 aliphatic heterocycles. The summed E-state index contributed by atoms with van der Waals surface area (Å²) in [6, 6.07) is 22.5. The van der Waals surface area contributed by atoms with E-state index in [0.717, 1.165) is 45.7 Å². The van der Waals surface area contributed by atoms with Gasteiger partial charge in [0.15, 0.2) is 0 Å². The Kier molecular flexibility index (Phi) is 11.2. The van der Waals surface area contributed by atoms with Gasteiger partial charge in [0, 0.05) is 51.0 Å². The van der Waals surface area contributed by atoms with Crippen LogP contribution in [0, 0.1) is 0 Å². The van der Waals surface area contributed by atoms with Crippen molar-refractivity contribution in [1.29, 1.82) is 0 Å². The second kappa shape index (κ2) is 15.1. The maximum atomic E-state index is 12.9. The SMILES string of the molecule is CC/C(=C(\C1=C(Cl)c2ccccc2C1)c1ccc(OCCN(C/C=C/C(=O)N(C)C)C(=O)OC(C)(C)C)nc1)c1ccccc1. The first-order chi connectivity index (χ1) is 21.5. The van der Waals surface area contributed by atoms with Crippen molar-refractivity contribution in [2.75, 3.05) is 33.8 Å². The summed E-state index contributed by atoms with van der Waals surface area (Å²) in [6.07, 6.45) is 5.98. The molecule has 0 fully saturated rings. The number of likely N-dealkylation sites (N-methyl/N-ethyl adjacent to an activating group) is 1. The lowest BCUT2D eigenvalue weighted by Crippen LogP contribution is -2.39. The van der Waals surface area contributed by atoms with E-state index in [-0.39, 0.29) is 25.6 Å². The predicted molar refractivity (Wildman–Crippen MR) is 182 cm³/mol. The molecule has 45 heavy (non-hydrogen) atoms. The molecule has 7 nitrogen and oxygen atoms in total. The van der Waals surface area contributed by atoms with Crippen LogP contribution in [0.2, 0.25) is 0 Å². The largest absolute Gasteiger partial charge is 0.476 e. The van der Waals surface area contributed by atoms with Crippen LogP contribution in [-0.4, -0.2) is 66.2 Å². The van der Waals surface area contributed by atoms with Gasteiger partial charge in [-0.25, -0.2) is 9.78 Å². The molecule has 0 radical (unpaired) electrons. The summed E-state index contributed by atoms with van der Waals surface area (Å²) in [5.41, 5.74) is 7.09. The van der Waals surface area contributed by atoms with Crippen LogP contribution in [0.25, 0.3) is 16.2 Å². The van der Waals surface area contributed by atoms with Crippen molar-refractivity contribution in [2.45, 2.75) is 46.1 Å². The molecule has 1 heterocycles. The first-order valence-electron chi connectivity index (χ1n) is 15.2. The summed E-state index contributed by atoms with van der Waals surface area (Å²) in [5, 5.41) is 0.770. The zero-order valence-corrected chi connectivity index (χ0v) is 27.7. The van der Waals surface area contributed by atoms with E-state index >= 15 is 0 Å². The van der Waals surface area contributed by atoms with Crippen molar-refractivity contribution in [2.24, 2.45) is 0 Å². The Morgan fingerprint density at radius 2 is 1.69 bits per heavy atom. The Bertz CT molecular complexity index is 1590. The van der Waals surface area contributed by atoms with Gasteiger partial charge in [0.25, 0.3) is 0 Å². The highest BCUT2D eigenvalue weighted by Crippen LogP contribution is 2.45. The van der Waals surface area contributed by atoms with Gasteiger partial charge in [0.05, 0.1) is 11.6 Å². The molecule has 2 aromatic carbocycles. The minimum Gasteiger partial charge on any atom is -0.476 e. The van der Waals surface area contributed by atoms with Gasteiger partial charge >= 0.3 is 6.09 Å². The van der Waals surface area contributed by atoms with E-state index in [1.54, 1.807) is 20.2 Å². The summed E-state index contributed by atoms with van der Waals surface area (Å²) < 4.78 is 11.5. The predicted octanol–water partition coefficient (Wildman–Crippen LogP) is 7.87. The third-order valence-corrected chi connectivity index (χ3v) is 7.71. The number of carbonyl (C=O) groups excluding carboxylic acids is 2. The molecule has 0 saturated heterocycles. The van der Waals surface area contributed by atoms with Crippen LogP contribution in [0.1, 0.15) is 56.4 Å². The molecule has 0 spiro atoms. The summed E-state index contributed by atoms with van der Waals surface area (Å²) in [6.45, 7) is 8.25. The fourth-order valence-corrected chi connectivity index (χ4v) is 5.45. The van der Waals surface area contributed by atoms with Crippen molar-refractivity contribution in [3.63, 3.8) is 0 Å². The van der Waals surface area contributed by atoms with Gasteiger partial charge in [0.1, 0.15) is 12.2 Å². The summed E-state index contributed by atoms with van der Waals surface area (Å²) in [7, 11) is 3.35. The zero-order chi connectivity index (χ0) is 32.6. The first-order valence-corrected chi connectivity index (χ1v) is 15.6. The molecule has 0 atom stereocenters. The Hall–Kier alpha value is -4.36. The molecule has 0 bridgehead atoms. The lowest BCUT2D eigenvalue weighted by Gasteiger charge is -2.26. The Morgan fingerprint density at radius 3 is 2.31 bits per heavy atom. The highest BCUT2D eigenvalue weighted by molar-refractivity contribution is 6.51. The Labute approximate surface area is 271 Å². The number of rotatable bonds is 11. The van der Waals surface area contributed by atoms with Gasteiger partial charge in [-0.05, 0) is 66.7 Å². The fourth-order valence-electron chi connectivity index (χ4n) is 5.10. The number of benzene rings is 2. The van der Waals surface area contributed by atoms with Crippen molar-refractivity contribution in [1.82, 2.24) is 14.8 Å². The molecule has 0 unspecified atom stereocenters. The van der Waals surface area contributed by atoms with Crippen LogP contribution in [0.4, 0.5) is 4.79 Å². The molecule has 8 heteroatoms. The molecule has 2 amide bonds. The van der Waals surface area contributed by atoms with Crippen LogP contribution < -0.4 is 4.74 Å². The molecule has 4 rings (SSSR count). The van der Waals surface area contributed by atoms with E-state index in [0.29, 0.717) is 5.88 Å². The average Bonchev–Trinajstić information content (AvgIpc) is 3.34. The van der Waals surface area contributed by atoms with E-state index in [4.69, 9.17) is 21.1 Å². The molecule has 236 valence electrons. The number of carbonyl (C=O) groups is 2. The second-order valence-corrected chi connectivity index (χ2v) is 12.4. The van der Waals surface area contributed by atoms with Gasteiger partial charge in [-0.15, -0.1) is 0 Å². The van der Waals surface area contributed by atoms with Crippen molar-refractivity contribution >= 4 is 39.8 Å². The smallest absolute Gasteiger partial charge is 0.410 e. The van der Waals surface area contributed by atoms with Gasteiger partial charge in [-0.2, -0.15) is 0 Å². The van der Waals surface area contributed by atoms with Crippen LogP contribution in [0.5, 0.6) is 5.88 Å². The first kappa shape index (κ1) is 33.5. The number of halogens is 1. The van der Waals surface area contributed by atoms with E-state index < -0.39 is 11.7 Å². The van der Waals surface area contributed by atoms with Crippen molar-refractivity contribution in [3.8, 4) is 5.88 Å². The molecular formula is C37H42ClN3O4. The van der Waals surface area contributed by atoms with E-state index in [1.165, 1.54) is 27.0 Å². The number of nitrogens with zero attached hydrogens (tertiary/aromatic N) is 3. The van der Waals surface area contributed by atoms with Crippen LogP contribution in [-0.2, 0) is 16.0 Å². The van der Waals surface area contributed by atoms with Gasteiger partial charge < -0.3 is 19.3 Å². The number of fused-ring (bicyclic) bond motifs is 1. The van der Waals surface area contributed by atoms with E-state index in [1.807, 2.05) is 69.4 Å². The van der Waals surface area contributed by atoms with E-state index in [9.17, 15) is 9.59 Å². The summed E-state index contributed by atoms with van der Waals surface area (Å²) in [4.78, 5) is 32.4. The van der Waals surface area contributed by atoms with E-state index in [2.05, 4.69) is 36.2 Å². The number of ether oxygens (including phenoxy) is 2. The minimum absolute atomic E-state index is 0.162. The summed E-state index contributed by atoms with van der Waals surface area (Å²) in [5.74, 6) is 0.276. The van der Waals surface area contributed by atoms with Crippen molar-refractivity contribution in [3.05, 3.63) is 113 Å². The van der Waals surface area contributed by atoms with Gasteiger partial charge in [0.2, 0.25) is 11.8 Å². The Balaban J connectivity index is 1.55. The molecule has 0 N–H and O–H groups in total. The topological polar surface area (TPSA) is 72.0 Å². The van der Waals surface area contributed by atoms with Gasteiger partial charge in [-0.1, -0.05) is 79.2 Å². The van der Waals surface area contributed by atoms with Crippen molar-refractivity contribution < 1.29 is 19.1 Å². The molecule has 1 aromatic heterocycles.